The van der Waals surface area contributed by atoms with Crippen molar-refractivity contribution in [3.05, 3.63) is 47.4 Å². The lowest BCUT2D eigenvalue weighted by molar-refractivity contribution is 0.359. The first kappa shape index (κ1) is 18.8. The van der Waals surface area contributed by atoms with E-state index in [-0.39, 0.29) is 5.56 Å². The minimum atomic E-state index is -0.0718. The van der Waals surface area contributed by atoms with Crippen molar-refractivity contribution in [2.45, 2.75) is 57.0 Å². The van der Waals surface area contributed by atoms with Crippen LogP contribution in [0.1, 0.15) is 57.0 Å². The van der Waals surface area contributed by atoms with E-state index in [1.54, 1.807) is 0 Å². The summed E-state index contributed by atoms with van der Waals surface area (Å²) in [6, 6.07) is 7.38. The summed E-state index contributed by atoms with van der Waals surface area (Å²) in [4.78, 5) is 24.8. The standard InChI is InChI=1S/C24H28N6O/c31-24-23-22(26-14-27-24)19(13-29(23)18-8-10-25-11-9-18)16-6-7-21-20(12-16)28-15-30(21)17-4-2-1-3-5-17/h6-7,12-15,17-18,25H,1-5,8-11H2,(H,26,27,31). The van der Waals surface area contributed by atoms with Gasteiger partial charge in [0.25, 0.3) is 5.56 Å². The lowest BCUT2D eigenvalue weighted by Gasteiger charge is -2.24. The van der Waals surface area contributed by atoms with Crippen molar-refractivity contribution in [3.8, 4) is 11.1 Å². The average molecular weight is 417 g/mol. The number of hydrogen-bond acceptors (Lipinski definition) is 4. The molecule has 1 aromatic carbocycles. The molecular weight excluding hydrogens is 388 g/mol. The Morgan fingerprint density at radius 2 is 1.74 bits per heavy atom. The van der Waals surface area contributed by atoms with Crippen LogP contribution in [0.3, 0.4) is 0 Å². The molecule has 1 aliphatic carbocycles. The molecule has 2 N–H and O–H groups in total. The van der Waals surface area contributed by atoms with Crippen molar-refractivity contribution in [1.29, 1.82) is 0 Å². The van der Waals surface area contributed by atoms with Crippen LogP contribution in [0.5, 0.6) is 0 Å². The van der Waals surface area contributed by atoms with E-state index in [2.05, 4.69) is 48.8 Å². The predicted molar refractivity (Wildman–Crippen MR) is 122 cm³/mol. The number of hydrogen-bond donors (Lipinski definition) is 2. The van der Waals surface area contributed by atoms with E-state index in [9.17, 15) is 4.79 Å². The van der Waals surface area contributed by atoms with Crippen molar-refractivity contribution in [2.24, 2.45) is 0 Å². The summed E-state index contributed by atoms with van der Waals surface area (Å²) >= 11 is 0. The number of imidazole rings is 1. The van der Waals surface area contributed by atoms with Gasteiger partial charge in [0.1, 0.15) is 11.0 Å². The number of aromatic nitrogens is 5. The van der Waals surface area contributed by atoms with Crippen LogP contribution >= 0.6 is 0 Å². The van der Waals surface area contributed by atoms with Crippen LogP contribution in [0, 0.1) is 0 Å². The molecule has 0 unspecified atom stereocenters. The highest BCUT2D eigenvalue weighted by Crippen LogP contribution is 2.35. The molecule has 0 amide bonds. The maximum absolute atomic E-state index is 12.7. The molecule has 7 heteroatoms. The van der Waals surface area contributed by atoms with E-state index in [0.29, 0.717) is 17.6 Å². The van der Waals surface area contributed by atoms with E-state index < -0.39 is 0 Å². The van der Waals surface area contributed by atoms with Crippen LogP contribution in [-0.2, 0) is 0 Å². The van der Waals surface area contributed by atoms with Gasteiger partial charge in [-0.25, -0.2) is 9.97 Å². The largest absolute Gasteiger partial charge is 0.338 e. The molecule has 7 nitrogen and oxygen atoms in total. The third-order valence-corrected chi connectivity index (χ3v) is 7.17. The number of nitrogens with zero attached hydrogens (tertiary/aromatic N) is 4. The zero-order valence-corrected chi connectivity index (χ0v) is 17.7. The second-order valence-corrected chi connectivity index (χ2v) is 9.01. The summed E-state index contributed by atoms with van der Waals surface area (Å²) < 4.78 is 4.52. The molecule has 2 aliphatic rings. The van der Waals surface area contributed by atoms with Crippen LogP contribution < -0.4 is 10.9 Å². The number of nitrogens with one attached hydrogen (secondary N) is 2. The Labute approximate surface area is 180 Å². The summed E-state index contributed by atoms with van der Waals surface area (Å²) in [5.41, 5.74) is 5.66. The first-order valence-electron chi connectivity index (χ1n) is 11.6. The molecule has 1 saturated carbocycles. The summed E-state index contributed by atoms with van der Waals surface area (Å²) in [5, 5.41) is 3.41. The van der Waals surface area contributed by atoms with Crippen molar-refractivity contribution >= 4 is 22.1 Å². The van der Waals surface area contributed by atoms with E-state index in [4.69, 9.17) is 4.98 Å². The van der Waals surface area contributed by atoms with Gasteiger partial charge in [-0.3, -0.25) is 4.79 Å². The van der Waals surface area contributed by atoms with Crippen LogP contribution in [0.25, 0.3) is 33.2 Å². The molecule has 3 aromatic heterocycles. The number of rotatable bonds is 3. The molecule has 1 aliphatic heterocycles. The third kappa shape index (κ3) is 3.19. The molecule has 2 fully saturated rings. The number of aromatic amines is 1. The fourth-order valence-corrected chi connectivity index (χ4v) is 5.53. The van der Waals surface area contributed by atoms with Crippen LogP contribution in [0.2, 0.25) is 0 Å². The predicted octanol–water partition coefficient (Wildman–Crippen LogP) is 4.17. The molecule has 4 heterocycles. The fraction of sp³-hybridized carbons (Fsp3) is 0.458. The Hall–Kier alpha value is -2.93. The third-order valence-electron chi connectivity index (χ3n) is 7.17. The van der Waals surface area contributed by atoms with E-state index in [1.807, 2.05) is 6.33 Å². The second-order valence-electron chi connectivity index (χ2n) is 9.01. The Bertz CT molecular complexity index is 1290. The van der Waals surface area contributed by atoms with Gasteiger partial charge in [0.15, 0.2) is 0 Å². The Morgan fingerprint density at radius 3 is 2.58 bits per heavy atom. The zero-order chi connectivity index (χ0) is 20.8. The number of piperidine rings is 1. The van der Waals surface area contributed by atoms with Crippen molar-refractivity contribution in [2.75, 3.05) is 13.1 Å². The SMILES string of the molecule is O=c1[nH]cnc2c(-c3ccc4c(c3)ncn4C3CCCCC3)cn(C3CCNCC3)c12. The minimum Gasteiger partial charge on any atom is -0.338 e. The van der Waals surface area contributed by atoms with Crippen LogP contribution in [0.4, 0.5) is 0 Å². The van der Waals surface area contributed by atoms with E-state index in [1.165, 1.54) is 43.9 Å². The summed E-state index contributed by atoms with van der Waals surface area (Å²) in [5.74, 6) is 0. The smallest absolute Gasteiger partial charge is 0.275 e. The highest BCUT2D eigenvalue weighted by molar-refractivity contribution is 5.95. The highest BCUT2D eigenvalue weighted by Gasteiger charge is 2.23. The van der Waals surface area contributed by atoms with Gasteiger partial charge >= 0.3 is 0 Å². The van der Waals surface area contributed by atoms with Crippen LogP contribution in [0.15, 0.2) is 41.8 Å². The second kappa shape index (κ2) is 7.64. The van der Waals surface area contributed by atoms with E-state index >= 15 is 0 Å². The monoisotopic (exact) mass is 416 g/mol. The molecule has 6 rings (SSSR count). The maximum Gasteiger partial charge on any atom is 0.275 e. The van der Waals surface area contributed by atoms with Gasteiger partial charge in [0.2, 0.25) is 0 Å². The van der Waals surface area contributed by atoms with Crippen molar-refractivity contribution in [3.63, 3.8) is 0 Å². The molecule has 31 heavy (non-hydrogen) atoms. The van der Waals surface area contributed by atoms with Gasteiger partial charge < -0.3 is 19.4 Å². The minimum absolute atomic E-state index is 0.0718. The molecular formula is C24H28N6O. The quantitative estimate of drug-likeness (QED) is 0.525. The fourth-order valence-electron chi connectivity index (χ4n) is 5.53. The summed E-state index contributed by atoms with van der Waals surface area (Å²) in [6.07, 6.45) is 14.1. The van der Waals surface area contributed by atoms with Gasteiger partial charge in [-0.1, -0.05) is 25.3 Å². The van der Waals surface area contributed by atoms with Crippen LogP contribution in [-0.4, -0.2) is 37.2 Å². The lowest BCUT2D eigenvalue weighted by Crippen LogP contribution is -2.30. The molecule has 0 radical (unpaired) electrons. The first-order valence-corrected chi connectivity index (χ1v) is 11.6. The first-order chi connectivity index (χ1) is 15.3. The summed E-state index contributed by atoms with van der Waals surface area (Å²) in [6.45, 7) is 1.95. The zero-order valence-electron chi connectivity index (χ0n) is 17.7. The molecule has 0 spiro atoms. The number of benzene rings is 1. The Kier molecular flexibility index (Phi) is 4.64. The molecule has 160 valence electrons. The molecule has 0 bridgehead atoms. The van der Waals surface area contributed by atoms with Gasteiger partial charge in [-0.15, -0.1) is 0 Å². The van der Waals surface area contributed by atoms with Gasteiger partial charge in [-0.2, -0.15) is 0 Å². The van der Waals surface area contributed by atoms with Gasteiger partial charge in [0, 0.05) is 23.8 Å². The normalized spacial score (nSPS) is 18.8. The number of H-pyrrole nitrogens is 1. The highest BCUT2D eigenvalue weighted by atomic mass is 16.1. The topological polar surface area (TPSA) is 80.5 Å². The molecule has 4 aromatic rings. The molecule has 0 atom stereocenters. The Balaban J connectivity index is 1.46. The molecule has 1 saturated heterocycles. The average Bonchev–Trinajstić information content (AvgIpc) is 3.42. The van der Waals surface area contributed by atoms with Gasteiger partial charge in [-0.05, 0) is 56.5 Å². The number of fused-ring (bicyclic) bond motifs is 2. The maximum atomic E-state index is 12.7. The van der Waals surface area contributed by atoms with Gasteiger partial charge in [0.05, 0.1) is 23.7 Å². The van der Waals surface area contributed by atoms with Crippen molar-refractivity contribution in [1.82, 2.24) is 29.4 Å². The summed E-state index contributed by atoms with van der Waals surface area (Å²) in [7, 11) is 0. The lowest BCUT2D eigenvalue weighted by atomic mass is 9.95. The Morgan fingerprint density at radius 1 is 0.935 bits per heavy atom. The van der Waals surface area contributed by atoms with E-state index in [0.717, 1.165) is 48.1 Å². The van der Waals surface area contributed by atoms with Crippen molar-refractivity contribution < 1.29 is 0 Å².